The summed E-state index contributed by atoms with van der Waals surface area (Å²) in [4.78, 5) is 29.7. The highest BCUT2D eigenvalue weighted by atomic mass is 32.1. The Balaban J connectivity index is 1.41. The maximum absolute atomic E-state index is 13.2. The molecule has 6 nitrogen and oxygen atoms in total. The number of nitrogens with one attached hydrogen (secondary N) is 1. The molecule has 1 aliphatic rings. The van der Waals surface area contributed by atoms with Gasteiger partial charge in [-0.25, -0.2) is 5.01 Å². The van der Waals surface area contributed by atoms with Gasteiger partial charge in [-0.2, -0.15) is 5.10 Å². The van der Waals surface area contributed by atoms with Gasteiger partial charge in [0, 0.05) is 17.0 Å². The average Bonchev–Trinajstić information content (AvgIpc) is 3.54. The Bertz CT molecular complexity index is 1090. The van der Waals surface area contributed by atoms with Crippen LogP contribution in [0.4, 0.5) is 5.69 Å². The smallest absolute Gasteiger partial charge is 0.257 e. The van der Waals surface area contributed by atoms with Crippen molar-refractivity contribution in [1.82, 2.24) is 9.91 Å². The van der Waals surface area contributed by atoms with Crippen molar-refractivity contribution in [3.63, 3.8) is 0 Å². The number of carbonyl (C=O) groups is 2. The Morgan fingerprint density at radius 2 is 1.88 bits per heavy atom. The minimum absolute atomic E-state index is 0.0988. The van der Waals surface area contributed by atoms with Crippen molar-refractivity contribution < 1.29 is 9.59 Å². The van der Waals surface area contributed by atoms with Gasteiger partial charge in [0.05, 0.1) is 29.7 Å². The van der Waals surface area contributed by atoms with E-state index in [9.17, 15) is 9.59 Å². The Kier molecular flexibility index (Phi) is 7.14. The third-order valence-electron chi connectivity index (χ3n) is 5.33. The highest BCUT2D eigenvalue weighted by Gasteiger charge is 2.34. The van der Waals surface area contributed by atoms with Gasteiger partial charge in [0.2, 0.25) is 5.91 Å². The van der Waals surface area contributed by atoms with E-state index >= 15 is 0 Å². The first-order chi connectivity index (χ1) is 15.5. The molecule has 2 aromatic heterocycles. The highest BCUT2D eigenvalue weighted by molar-refractivity contribution is 7.12. The van der Waals surface area contributed by atoms with Crippen LogP contribution in [-0.4, -0.2) is 47.6 Å². The lowest BCUT2D eigenvalue weighted by atomic mass is 10.1. The number of nitrogens with zero attached hydrogens (tertiary/aromatic N) is 3. The van der Waals surface area contributed by atoms with E-state index in [1.165, 1.54) is 0 Å². The number of hydrogen-bond acceptors (Lipinski definition) is 6. The fourth-order valence-electron chi connectivity index (χ4n) is 3.78. The molecule has 32 heavy (non-hydrogen) atoms. The number of aryl methyl sites for hydroxylation is 1. The van der Waals surface area contributed by atoms with E-state index in [0.29, 0.717) is 6.42 Å². The number of hydrazone groups is 1. The number of carbonyl (C=O) groups excluding carboxylic acids is 2. The minimum Gasteiger partial charge on any atom is -0.325 e. The van der Waals surface area contributed by atoms with Gasteiger partial charge in [-0.1, -0.05) is 37.3 Å². The standard InChI is InChI=1S/C24H26N4O2S2/c1-3-17-8-4-5-9-18(17)25-23(29)15-27(2)16-24(30)28-20(22-11-7-13-32-22)14-19(26-28)21-10-6-12-31-21/h4-13,20H,3,14-16H2,1-2H3,(H,25,29). The molecule has 8 heteroatoms. The van der Waals surface area contributed by atoms with Crippen LogP contribution >= 0.6 is 22.7 Å². The van der Waals surface area contributed by atoms with E-state index in [4.69, 9.17) is 0 Å². The molecule has 0 spiro atoms. The second kappa shape index (κ2) is 10.2. The molecular weight excluding hydrogens is 440 g/mol. The van der Waals surface area contributed by atoms with Gasteiger partial charge in [0.15, 0.2) is 0 Å². The summed E-state index contributed by atoms with van der Waals surface area (Å²) in [5.74, 6) is -0.251. The molecule has 0 saturated carbocycles. The minimum atomic E-state index is -0.139. The maximum atomic E-state index is 13.2. The molecule has 3 aromatic rings. The lowest BCUT2D eigenvalue weighted by molar-refractivity contribution is -0.134. The summed E-state index contributed by atoms with van der Waals surface area (Å²) in [7, 11) is 1.78. The number of likely N-dealkylation sites (N-methyl/N-ethyl adjacent to an activating group) is 1. The van der Waals surface area contributed by atoms with E-state index in [-0.39, 0.29) is 30.9 Å². The summed E-state index contributed by atoms with van der Waals surface area (Å²) < 4.78 is 0. The number of anilines is 1. The number of amides is 2. The lowest BCUT2D eigenvalue weighted by Gasteiger charge is -2.23. The van der Waals surface area contributed by atoms with E-state index in [1.807, 2.05) is 59.3 Å². The molecule has 3 heterocycles. The molecule has 1 aliphatic heterocycles. The fraction of sp³-hybridized carbons (Fsp3) is 0.292. The first-order valence-electron chi connectivity index (χ1n) is 10.6. The molecule has 0 aliphatic carbocycles. The number of benzene rings is 1. The van der Waals surface area contributed by atoms with E-state index in [0.717, 1.165) is 33.1 Å². The van der Waals surface area contributed by atoms with Crippen LogP contribution in [0.25, 0.3) is 0 Å². The number of hydrogen-bond donors (Lipinski definition) is 1. The molecule has 166 valence electrons. The van der Waals surface area contributed by atoms with Crippen molar-refractivity contribution >= 4 is 45.9 Å². The highest BCUT2D eigenvalue weighted by Crippen LogP contribution is 2.35. The molecule has 1 aromatic carbocycles. The average molecular weight is 467 g/mol. The normalized spacial score (nSPS) is 15.8. The Labute approximate surface area is 196 Å². The van der Waals surface area contributed by atoms with Gasteiger partial charge < -0.3 is 5.32 Å². The van der Waals surface area contributed by atoms with Crippen LogP contribution in [0.1, 0.15) is 34.7 Å². The summed E-state index contributed by atoms with van der Waals surface area (Å²) >= 11 is 3.26. The van der Waals surface area contributed by atoms with Crippen molar-refractivity contribution in [3.05, 3.63) is 74.6 Å². The van der Waals surface area contributed by atoms with E-state index < -0.39 is 0 Å². The largest absolute Gasteiger partial charge is 0.325 e. The molecule has 0 bridgehead atoms. The van der Waals surface area contributed by atoms with Crippen molar-refractivity contribution in [2.24, 2.45) is 5.10 Å². The Morgan fingerprint density at radius 1 is 1.09 bits per heavy atom. The van der Waals surface area contributed by atoms with Crippen LogP contribution in [0.15, 0.2) is 64.4 Å². The van der Waals surface area contributed by atoms with Gasteiger partial charge in [-0.3, -0.25) is 14.5 Å². The first kappa shape index (κ1) is 22.4. The lowest BCUT2D eigenvalue weighted by Crippen LogP contribution is -2.39. The molecule has 1 atom stereocenters. The Hall–Kier alpha value is -2.81. The van der Waals surface area contributed by atoms with Crippen molar-refractivity contribution in [2.45, 2.75) is 25.8 Å². The second-order valence-electron chi connectivity index (χ2n) is 7.73. The molecule has 0 radical (unpaired) electrons. The fourth-order valence-corrected chi connectivity index (χ4v) is 5.31. The van der Waals surface area contributed by atoms with Crippen LogP contribution in [0.2, 0.25) is 0 Å². The van der Waals surface area contributed by atoms with Crippen LogP contribution in [0.5, 0.6) is 0 Å². The molecule has 1 N–H and O–H groups in total. The van der Waals surface area contributed by atoms with Gasteiger partial charge in [0.25, 0.3) is 5.91 Å². The summed E-state index contributed by atoms with van der Waals surface area (Å²) in [5, 5.41) is 13.3. The quantitative estimate of drug-likeness (QED) is 0.527. The predicted molar refractivity (Wildman–Crippen MR) is 131 cm³/mol. The zero-order valence-electron chi connectivity index (χ0n) is 18.2. The molecule has 0 fully saturated rings. The van der Waals surface area contributed by atoms with Crippen LogP contribution in [0.3, 0.4) is 0 Å². The van der Waals surface area contributed by atoms with Crippen LogP contribution in [0, 0.1) is 0 Å². The number of para-hydroxylation sites is 1. The summed E-state index contributed by atoms with van der Waals surface area (Å²) in [5.41, 5.74) is 2.84. The second-order valence-corrected chi connectivity index (χ2v) is 9.66. The first-order valence-corrected chi connectivity index (χ1v) is 12.3. The predicted octanol–water partition coefficient (Wildman–Crippen LogP) is 4.62. The van der Waals surface area contributed by atoms with Gasteiger partial charge in [0.1, 0.15) is 0 Å². The molecule has 1 unspecified atom stereocenters. The third kappa shape index (κ3) is 5.15. The van der Waals surface area contributed by atoms with Gasteiger partial charge in [-0.05, 0) is 48.0 Å². The molecule has 4 rings (SSSR count). The summed E-state index contributed by atoms with van der Waals surface area (Å²) in [6, 6.07) is 15.7. The topological polar surface area (TPSA) is 65.0 Å². The molecular formula is C24H26N4O2S2. The maximum Gasteiger partial charge on any atom is 0.257 e. The SMILES string of the molecule is CCc1ccccc1NC(=O)CN(C)CC(=O)N1N=C(c2cccs2)CC1c1cccs1. The monoisotopic (exact) mass is 466 g/mol. The molecule has 0 saturated heterocycles. The van der Waals surface area contributed by atoms with Crippen LogP contribution in [-0.2, 0) is 16.0 Å². The molecule has 2 amide bonds. The van der Waals surface area contributed by atoms with E-state index in [1.54, 1.807) is 39.6 Å². The van der Waals surface area contributed by atoms with Crippen molar-refractivity contribution in [1.29, 1.82) is 0 Å². The Morgan fingerprint density at radius 3 is 2.59 bits per heavy atom. The zero-order valence-corrected chi connectivity index (χ0v) is 19.8. The van der Waals surface area contributed by atoms with Gasteiger partial charge >= 0.3 is 0 Å². The summed E-state index contributed by atoms with van der Waals surface area (Å²) in [6.07, 6.45) is 1.54. The third-order valence-corrected chi connectivity index (χ3v) is 7.23. The van der Waals surface area contributed by atoms with Crippen molar-refractivity contribution in [3.8, 4) is 0 Å². The number of rotatable bonds is 8. The van der Waals surface area contributed by atoms with Crippen LogP contribution < -0.4 is 5.32 Å². The zero-order chi connectivity index (χ0) is 22.5. The van der Waals surface area contributed by atoms with E-state index in [2.05, 4.69) is 17.3 Å². The van der Waals surface area contributed by atoms with Crippen molar-refractivity contribution in [2.75, 3.05) is 25.5 Å². The number of thiophene rings is 2. The summed E-state index contributed by atoms with van der Waals surface area (Å²) in [6.45, 7) is 2.30. The van der Waals surface area contributed by atoms with Gasteiger partial charge in [-0.15, -0.1) is 22.7 Å².